The van der Waals surface area contributed by atoms with Crippen LogP contribution in [0.1, 0.15) is 50.5 Å². The highest BCUT2D eigenvalue weighted by Gasteiger charge is 2.65. The third-order valence-electron chi connectivity index (χ3n) is 6.75. The molecule has 1 aliphatic heterocycles. The van der Waals surface area contributed by atoms with Crippen molar-refractivity contribution in [3.05, 3.63) is 51.0 Å². The molecule has 1 aromatic rings. The lowest BCUT2D eigenvalue weighted by Gasteiger charge is -2.36. The highest BCUT2D eigenvalue weighted by atomic mass is 35.5. The summed E-state index contributed by atoms with van der Waals surface area (Å²) in [7, 11) is 1.73. The molecule has 5 nitrogen and oxygen atoms in total. The van der Waals surface area contributed by atoms with E-state index in [0.29, 0.717) is 27.4 Å². The number of thiocarbonyl (C=S) groups is 1. The van der Waals surface area contributed by atoms with Gasteiger partial charge in [0.05, 0.1) is 16.4 Å². The molecule has 0 saturated heterocycles. The van der Waals surface area contributed by atoms with Crippen molar-refractivity contribution in [2.45, 2.75) is 62.8 Å². The molecule has 2 atom stereocenters. The summed E-state index contributed by atoms with van der Waals surface area (Å²) in [5, 5.41) is 10.0. The summed E-state index contributed by atoms with van der Waals surface area (Å²) < 4.78 is 43.1. The lowest BCUT2D eigenvalue weighted by molar-refractivity contribution is -0.282. The maximum Gasteiger partial charge on any atom is 0.431 e. The molecule has 3 aliphatic rings. The average molecular weight is 582 g/mol. The largest absolute Gasteiger partial charge is 0.431 e. The predicted octanol–water partition coefficient (Wildman–Crippen LogP) is 7.18. The third-order valence-corrected chi connectivity index (χ3v) is 7.78. The second kappa shape index (κ2) is 11.0. The maximum absolute atomic E-state index is 14.4. The Morgan fingerprint density at radius 1 is 1.19 bits per heavy atom. The van der Waals surface area contributed by atoms with Gasteiger partial charge in [0.2, 0.25) is 5.60 Å². The quantitative estimate of drug-likeness (QED) is 0.285. The molecule has 0 radical (unpaired) electrons. The van der Waals surface area contributed by atoms with E-state index in [1.807, 2.05) is 0 Å². The van der Waals surface area contributed by atoms with Crippen LogP contribution in [-0.4, -0.2) is 35.7 Å². The van der Waals surface area contributed by atoms with Crippen LogP contribution < -0.4 is 15.8 Å². The maximum atomic E-state index is 14.4. The molecule has 0 amide bonds. The number of hydrogen-bond donors (Lipinski definition) is 2. The molecular weight excluding hydrogens is 556 g/mol. The molecule has 2 aliphatic carbocycles. The first-order chi connectivity index (χ1) is 17.0. The number of hydrazine groups is 1. The fourth-order valence-electron chi connectivity index (χ4n) is 4.81. The molecule has 4 rings (SSSR count). The average Bonchev–Trinajstić information content (AvgIpc) is 3.26. The van der Waals surface area contributed by atoms with Crippen molar-refractivity contribution in [2.75, 3.05) is 12.1 Å². The molecule has 36 heavy (non-hydrogen) atoms. The smallest absolute Gasteiger partial charge is 0.378 e. The van der Waals surface area contributed by atoms with E-state index in [2.05, 4.69) is 15.9 Å². The number of nitrogens with zero attached hydrogens (tertiary/aromatic N) is 2. The van der Waals surface area contributed by atoms with Gasteiger partial charge in [-0.3, -0.25) is 10.4 Å². The van der Waals surface area contributed by atoms with Gasteiger partial charge >= 0.3 is 6.18 Å². The summed E-state index contributed by atoms with van der Waals surface area (Å²) in [6.07, 6.45) is 3.18. The van der Waals surface area contributed by atoms with E-state index in [9.17, 15) is 13.2 Å². The SMILES string of the molecule is CN(NC(=S)NC1CCCCC1)c1cc(C2=NO[C@](C3C=C(Cl)C=C(Cl)C3)(C(F)(F)F)C2)ccc1Cl. The summed E-state index contributed by atoms with van der Waals surface area (Å²) in [5.74, 6) is -1.12. The van der Waals surface area contributed by atoms with Crippen LogP contribution in [0.3, 0.4) is 0 Å². The first-order valence-corrected chi connectivity index (χ1v) is 13.2. The van der Waals surface area contributed by atoms with E-state index in [4.69, 9.17) is 51.9 Å². The minimum absolute atomic E-state index is 0.0515. The summed E-state index contributed by atoms with van der Waals surface area (Å²) in [6, 6.07) is 5.20. The van der Waals surface area contributed by atoms with E-state index >= 15 is 0 Å². The lowest BCUT2D eigenvalue weighted by Crippen LogP contribution is -2.51. The van der Waals surface area contributed by atoms with E-state index in [0.717, 1.165) is 12.8 Å². The minimum atomic E-state index is -4.71. The number of allylic oxidation sites excluding steroid dienone is 3. The van der Waals surface area contributed by atoms with E-state index in [-0.39, 0.29) is 22.2 Å². The Morgan fingerprint density at radius 2 is 1.92 bits per heavy atom. The molecular formula is C24H26Cl3F3N4OS. The summed E-state index contributed by atoms with van der Waals surface area (Å²) in [4.78, 5) is 5.17. The number of alkyl halides is 3. The first-order valence-electron chi connectivity index (χ1n) is 11.6. The van der Waals surface area contributed by atoms with Crippen LogP contribution in [0.4, 0.5) is 18.9 Å². The summed E-state index contributed by atoms with van der Waals surface area (Å²) in [6.45, 7) is 0. The molecule has 196 valence electrons. The monoisotopic (exact) mass is 580 g/mol. The summed E-state index contributed by atoms with van der Waals surface area (Å²) in [5.41, 5.74) is 1.63. The molecule has 1 saturated carbocycles. The van der Waals surface area contributed by atoms with Crippen molar-refractivity contribution in [3.63, 3.8) is 0 Å². The Labute approximate surface area is 228 Å². The highest BCUT2D eigenvalue weighted by molar-refractivity contribution is 7.80. The predicted molar refractivity (Wildman–Crippen MR) is 143 cm³/mol. The second-order valence-electron chi connectivity index (χ2n) is 9.29. The zero-order valence-electron chi connectivity index (χ0n) is 19.5. The zero-order valence-corrected chi connectivity index (χ0v) is 22.6. The fourth-order valence-corrected chi connectivity index (χ4v) is 5.98. The van der Waals surface area contributed by atoms with Crippen LogP contribution in [0, 0.1) is 5.92 Å². The molecule has 1 unspecified atom stereocenters. The number of anilines is 1. The Balaban J connectivity index is 1.51. The van der Waals surface area contributed by atoms with Crippen LogP contribution in [0.5, 0.6) is 0 Å². The van der Waals surface area contributed by atoms with Crippen LogP contribution in [0.2, 0.25) is 5.02 Å². The minimum Gasteiger partial charge on any atom is -0.378 e. The molecule has 1 aromatic carbocycles. The van der Waals surface area contributed by atoms with Gasteiger partial charge in [0, 0.05) is 41.1 Å². The van der Waals surface area contributed by atoms with E-state index in [1.165, 1.54) is 31.4 Å². The normalized spacial score (nSPS) is 24.9. The third kappa shape index (κ3) is 5.90. The Morgan fingerprint density at radius 3 is 2.58 bits per heavy atom. The van der Waals surface area contributed by atoms with Crippen LogP contribution >= 0.6 is 47.0 Å². The fraction of sp³-hybridized carbons (Fsp3) is 0.500. The van der Waals surface area contributed by atoms with E-state index in [1.54, 1.807) is 30.3 Å². The van der Waals surface area contributed by atoms with Gasteiger partial charge in [0.25, 0.3) is 0 Å². The molecule has 0 aromatic heterocycles. The number of rotatable bonds is 5. The molecule has 12 heteroatoms. The van der Waals surface area contributed by atoms with Gasteiger partial charge in [0.15, 0.2) is 5.11 Å². The van der Waals surface area contributed by atoms with Gasteiger partial charge in [-0.15, -0.1) is 0 Å². The molecule has 1 heterocycles. The first kappa shape index (κ1) is 27.4. The van der Waals surface area contributed by atoms with Crippen LogP contribution in [0.15, 0.2) is 45.6 Å². The molecule has 2 N–H and O–H groups in total. The van der Waals surface area contributed by atoms with Gasteiger partial charge in [-0.2, -0.15) is 13.2 Å². The second-order valence-corrected chi connectivity index (χ2v) is 11.0. The van der Waals surface area contributed by atoms with Crippen molar-refractivity contribution < 1.29 is 18.0 Å². The number of benzene rings is 1. The van der Waals surface area contributed by atoms with Gasteiger partial charge in [-0.05, 0) is 49.7 Å². The Bertz CT molecular complexity index is 1100. The molecule has 1 fully saturated rings. The number of hydrogen-bond acceptors (Lipinski definition) is 4. The van der Waals surface area contributed by atoms with Gasteiger partial charge < -0.3 is 10.2 Å². The number of oxime groups is 1. The van der Waals surface area contributed by atoms with Crippen molar-refractivity contribution >= 4 is 63.5 Å². The summed E-state index contributed by atoms with van der Waals surface area (Å²) >= 11 is 23.9. The number of nitrogens with one attached hydrogen (secondary N) is 2. The lowest BCUT2D eigenvalue weighted by atomic mass is 9.78. The van der Waals surface area contributed by atoms with Crippen molar-refractivity contribution in [2.24, 2.45) is 11.1 Å². The standard InChI is InChI=1S/C24H26Cl3F3N4OS/c1-34(32-22(36)31-18-5-3-2-4-6-18)21-9-14(7-8-19(21)27)20-13-23(35-33-20,24(28,29)30)15-10-16(25)12-17(26)11-15/h7-10,12,15,18H,2-6,11,13H2,1H3,(H2,31,32,36)/t15?,23-/m1/s1. The van der Waals surface area contributed by atoms with Gasteiger partial charge in [-0.1, -0.05) is 71.4 Å². The Kier molecular flexibility index (Phi) is 8.34. The van der Waals surface area contributed by atoms with Gasteiger partial charge in [0.1, 0.15) is 0 Å². The van der Waals surface area contributed by atoms with Crippen LogP contribution in [0.25, 0.3) is 0 Å². The topological polar surface area (TPSA) is 48.9 Å². The number of halogens is 6. The van der Waals surface area contributed by atoms with Crippen LogP contribution in [-0.2, 0) is 4.84 Å². The molecule has 0 bridgehead atoms. The van der Waals surface area contributed by atoms with E-state index < -0.39 is 24.1 Å². The van der Waals surface area contributed by atoms with Crippen molar-refractivity contribution in [1.82, 2.24) is 10.7 Å². The zero-order chi connectivity index (χ0) is 26.1. The van der Waals surface area contributed by atoms with Crippen molar-refractivity contribution in [3.8, 4) is 0 Å². The molecule has 0 spiro atoms. The highest BCUT2D eigenvalue weighted by Crippen LogP contribution is 2.50. The van der Waals surface area contributed by atoms with Crippen molar-refractivity contribution in [1.29, 1.82) is 0 Å². The Hall–Kier alpha value is -1.68. The van der Waals surface area contributed by atoms with Gasteiger partial charge in [-0.25, -0.2) is 0 Å².